The van der Waals surface area contributed by atoms with E-state index in [2.05, 4.69) is 50.0 Å². The number of anilines is 1. The Bertz CT molecular complexity index is 992. The third-order valence-corrected chi connectivity index (χ3v) is 5.94. The molecule has 1 fully saturated rings. The van der Waals surface area contributed by atoms with Crippen molar-refractivity contribution in [2.45, 2.75) is 23.4 Å². The lowest BCUT2D eigenvalue weighted by molar-refractivity contribution is -0.120. The third-order valence-electron chi connectivity index (χ3n) is 5.21. The summed E-state index contributed by atoms with van der Waals surface area (Å²) in [4.78, 5) is 16.4. The number of carbonyl (C=O) groups is 1. The van der Waals surface area contributed by atoms with Crippen molar-refractivity contribution in [2.24, 2.45) is 0 Å². The minimum absolute atomic E-state index is 0.00283. The van der Waals surface area contributed by atoms with Gasteiger partial charge < -0.3 is 5.32 Å². The molecule has 2 heterocycles. The first-order chi connectivity index (χ1) is 14.7. The molecule has 4 rings (SSSR count). The number of hydrogen-bond donors (Lipinski definition) is 1. The van der Waals surface area contributed by atoms with Crippen molar-refractivity contribution in [3.05, 3.63) is 72.6 Å². The standard InChI is InChI=1S/C22H24N6OS/c1-30-20-11-5-10-18(13-20)24-22(29)21-14-19(28-16-23-25-26-28)15-27(21)12-6-9-17-7-3-2-4-8-17/h2-11,13,16,19,21H,12,14-15H2,1H3,(H,24,29)/t19-,21-/m0/s1. The van der Waals surface area contributed by atoms with Crippen LogP contribution in [-0.4, -0.2) is 56.4 Å². The SMILES string of the molecule is CSc1cccc(NC(=O)[C@@H]2C[C@H](n3cnnn3)CN2CC=Cc2ccccc2)c1. The first kappa shape index (κ1) is 20.3. The summed E-state index contributed by atoms with van der Waals surface area (Å²) in [6, 6.07) is 17.9. The molecule has 0 unspecified atom stereocenters. The molecule has 0 aliphatic carbocycles. The number of carbonyl (C=O) groups excluding carboxylic acids is 1. The fourth-order valence-corrected chi connectivity index (χ4v) is 4.16. The number of aromatic nitrogens is 4. The van der Waals surface area contributed by atoms with Crippen LogP contribution in [0.3, 0.4) is 0 Å². The molecule has 0 saturated carbocycles. The van der Waals surface area contributed by atoms with Crippen LogP contribution >= 0.6 is 11.8 Å². The number of tetrazole rings is 1. The normalized spacial score (nSPS) is 19.4. The molecule has 0 bridgehead atoms. The molecule has 1 aliphatic rings. The van der Waals surface area contributed by atoms with Gasteiger partial charge in [-0.15, -0.1) is 16.9 Å². The molecule has 1 amide bonds. The van der Waals surface area contributed by atoms with Gasteiger partial charge in [-0.05, 0) is 46.9 Å². The summed E-state index contributed by atoms with van der Waals surface area (Å²) in [5, 5.41) is 14.6. The van der Waals surface area contributed by atoms with Crippen LogP contribution in [0.1, 0.15) is 18.0 Å². The zero-order valence-corrected chi connectivity index (χ0v) is 17.6. The van der Waals surface area contributed by atoms with Crippen LogP contribution < -0.4 is 5.32 Å². The third kappa shape index (κ3) is 4.95. The van der Waals surface area contributed by atoms with Crippen LogP contribution in [0.5, 0.6) is 0 Å². The Morgan fingerprint density at radius 3 is 2.87 bits per heavy atom. The molecule has 7 nitrogen and oxygen atoms in total. The summed E-state index contributed by atoms with van der Waals surface area (Å²) in [6.45, 7) is 1.39. The Morgan fingerprint density at radius 2 is 2.10 bits per heavy atom. The largest absolute Gasteiger partial charge is 0.325 e. The minimum Gasteiger partial charge on any atom is -0.325 e. The molecule has 1 saturated heterocycles. The van der Waals surface area contributed by atoms with Crippen molar-refractivity contribution in [3.63, 3.8) is 0 Å². The lowest BCUT2D eigenvalue weighted by atomic mass is 10.1. The molecular weight excluding hydrogens is 396 g/mol. The highest BCUT2D eigenvalue weighted by atomic mass is 32.2. The van der Waals surface area contributed by atoms with E-state index >= 15 is 0 Å². The monoisotopic (exact) mass is 420 g/mol. The summed E-state index contributed by atoms with van der Waals surface area (Å²) >= 11 is 1.65. The number of benzene rings is 2. The van der Waals surface area contributed by atoms with E-state index in [9.17, 15) is 4.79 Å². The average molecular weight is 421 g/mol. The van der Waals surface area contributed by atoms with Crippen LogP contribution in [0.25, 0.3) is 6.08 Å². The van der Waals surface area contributed by atoms with E-state index in [-0.39, 0.29) is 18.0 Å². The van der Waals surface area contributed by atoms with Gasteiger partial charge in [-0.1, -0.05) is 48.6 Å². The van der Waals surface area contributed by atoms with Crippen LogP contribution in [0, 0.1) is 0 Å². The molecule has 154 valence electrons. The minimum atomic E-state index is -0.252. The predicted octanol–water partition coefficient (Wildman–Crippen LogP) is 3.36. The van der Waals surface area contributed by atoms with E-state index in [1.54, 1.807) is 22.8 Å². The van der Waals surface area contributed by atoms with Crippen molar-refractivity contribution in [3.8, 4) is 0 Å². The molecule has 3 aromatic rings. The fraction of sp³-hybridized carbons (Fsp3) is 0.273. The summed E-state index contributed by atoms with van der Waals surface area (Å²) < 4.78 is 1.75. The topological polar surface area (TPSA) is 75.9 Å². The predicted molar refractivity (Wildman–Crippen MR) is 119 cm³/mol. The maximum atomic E-state index is 13.1. The molecule has 0 spiro atoms. The molecule has 2 atom stereocenters. The Hall–Kier alpha value is -2.97. The Labute approximate surface area is 180 Å². The number of hydrogen-bond acceptors (Lipinski definition) is 6. The molecule has 30 heavy (non-hydrogen) atoms. The Balaban J connectivity index is 1.48. The Kier molecular flexibility index (Phi) is 6.56. The summed E-state index contributed by atoms with van der Waals surface area (Å²) in [5.74, 6) is -0.00283. The van der Waals surface area contributed by atoms with E-state index in [4.69, 9.17) is 0 Å². The van der Waals surface area contributed by atoms with Crippen LogP contribution in [0.4, 0.5) is 5.69 Å². The number of nitrogens with one attached hydrogen (secondary N) is 1. The summed E-state index contributed by atoms with van der Waals surface area (Å²) in [7, 11) is 0. The van der Waals surface area contributed by atoms with Crippen molar-refractivity contribution < 1.29 is 4.79 Å². The van der Waals surface area contributed by atoms with Gasteiger partial charge in [0, 0.05) is 23.7 Å². The number of amides is 1. The van der Waals surface area contributed by atoms with Gasteiger partial charge in [-0.25, -0.2) is 4.68 Å². The second kappa shape index (κ2) is 9.69. The van der Waals surface area contributed by atoms with E-state index in [0.717, 1.165) is 16.1 Å². The average Bonchev–Trinajstić information content (AvgIpc) is 3.45. The van der Waals surface area contributed by atoms with Crippen LogP contribution in [0.15, 0.2) is 71.9 Å². The molecule has 8 heteroatoms. The molecule has 1 N–H and O–H groups in total. The van der Waals surface area contributed by atoms with Gasteiger partial charge in [-0.2, -0.15) is 0 Å². The quantitative estimate of drug-likeness (QED) is 0.591. The van der Waals surface area contributed by atoms with Gasteiger partial charge in [-0.3, -0.25) is 9.69 Å². The lowest BCUT2D eigenvalue weighted by Gasteiger charge is -2.22. The first-order valence-electron chi connectivity index (χ1n) is 9.86. The van der Waals surface area contributed by atoms with Gasteiger partial charge in [0.1, 0.15) is 6.33 Å². The molecule has 1 aliphatic heterocycles. The Morgan fingerprint density at radius 1 is 1.23 bits per heavy atom. The van der Waals surface area contributed by atoms with E-state index in [1.807, 2.05) is 48.7 Å². The van der Waals surface area contributed by atoms with E-state index in [0.29, 0.717) is 19.5 Å². The highest BCUT2D eigenvalue weighted by Crippen LogP contribution is 2.28. The van der Waals surface area contributed by atoms with Crippen molar-refractivity contribution in [1.29, 1.82) is 0 Å². The van der Waals surface area contributed by atoms with Crippen molar-refractivity contribution in [1.82, 2.24) is 25.1 Å². The zero-order valence-electron chi connectivity index (χ0n) is 16.8. The maximum absolute atomic E-state index is 13.1. The van der Waals surface area contributed by atoms with Crippen LogP contribution in [0.2, 0.25) is 0 Å². The maximum Gasteiger partial charge on any atom is 0.241 e. The second-order valence-electron chi connectivity index (χ2n) is 7.18. The van der Waals surface area contributed by atoms with Crippen molar-refractivity contribution in [2.75, 3.05) is 24.7 Å². The highest BCUT2D eigenvalue weighted by molar-refractivity contribution is 7.98. The smallest absolute Gasteiger partial charge is 0.241 e. The number of likely N-dealkylation sites (tertiary alicyclic amines) is 1. The second-order valence-corrected chi connectivity index (χ2v) is 8.06. The first-order valence-corrected chi connectivity index (χ1v) is 11.1. The zero-order chi connectivity index (χ0) is 20.8. The molecular formula is C22H24N6OS. The number of rotatable bonds is 7. The molecule has 1 aromatic heterocycles. The number of thioether (sulfide) groups is 1. The molecule has 2 aromatic carbocycles. The number of nitrogens with zero attached hydrogens (tertiary/aromatic N) is 5. The van der Waals surface area contributed by atoms with Crippen LogP contribution in [-0.2, 0) is 4.79 Å². The highest BCUT2D eigenvalue weighted by Gasteiger charge is 2.37. The van der Waals surface area contributed by atoms with Gasteiger partial charge in [0.05, 0.1) is 12.1 Å². The van der Waals surface area contributed by atoms with E-state index in [1.165, 1.54) is 0 Å². The van der Waals surface area contributed by atoms with E-state index < -0.39 is 0 Å². The fourth-order valence-electron chi connectivity index (χ4n) is 3.70. The lowest BCUT2D eigenvalue weighted by Crippen LogP contribution is -2.39. The van der Waals surface area contributed by atoms with Crippen molar-refractivity contribution >= 4 is 29.4 Å². The van der Waals surface area contributed by atoms with Gasteiger partial charge in [0.25, 0.3) is 0 Å². The van der Waals surface area contributed by atoms with Gasteiger partial charge in [0.15, 0.2) is 0 Å². The van der Waals surface area contributed by atoms with Gasteiger partial charge >= 0.3 is 0 Å². The van der Waals surface area contributed by atoms with Gasteiger partial charge in [0.2, 0.25) is 5.91 Å². The summed E-state index contributed by atoms with van der Waals surface area (Å²) in [6.07, 6.45) is 8.49. The molecule has 0 radical (unpaired) electrons. The summed E-state index contributed by atoms with van der Waals surface area (Å²) in [5.41, 5.74) is 1.96.